The number of rotatable bonds is 5. The van der Waals surface area contributed by atoms with Crippen molar-refractivity contribution < 1.29 is 0 Å². The average molecular weight is 382 g/mol. The molecule has 3 heterocycles. The third-order valence-corrected chi connectivity index (χ3v) is 4.70. The van der Waals surface area contributed by atoms with Gasteiger partial charge in [-0.25, -0.2) is 14.6 Å². The summed E-state index contributed by atoms with van der Waals surface area (Å²) in [6, 6.07) is 20.0. The number of nitrogens with zero attached hydrogens (tertiary/aromatic N) is 7. The smallest absolute Gasteiger partial charge is 0.228 e. The van der Waals surface area contributed by atoms with Gasteiger partial charge in [0.15, 0.2) is 0 Å². The van der Waals surface area contributed by atoms with Crippen molar-refractivity contribution in [2.24, 2.45) is 7.05 Å². The van der Waals surface area contributed by atoms with Crippen LogP contribution < -0.4 is 5.32 Å². The van der Waals surface area contributed by atoms with Crippen LogP contribution in [0, 0.1) is 0 Å². The average Bonchev–Trinajstić information content (AvgIpc) is 3.35. The minimum Gasteiger partial charge on any atom is -0.309 e. The summed E-state index contributed by atoms with van der Waals surface area (Å²) in [4.78, 5) is 8.92. The number of fused-ring (bicyclic) bond motifs is 1. The highest BCUT2D eigenvalue weighted by atomic mass is 15.4. The zero-order valence-electron chi connectivity index (χ0n) is 15.8. The zero-order chi connectivity index (χ0) is 19.6. The molecule has 142 valence electrons. The van der Waals surface area contributed by atoms with Crippen molar-refractivity contribution in [3.63, 3.8) is 0 Å². The van der Waals surface area contributed by atoms with E-state index < -0.39 is 0 Å². The quantitative estimate of drug-likeness (QED) is 0.501. The molecule has 5 aromatic rings. The van der Waals surface area contributed by atoms with Crippen molar-refractivity contribution in [1.29, 1.82) is 0 Å². The van der Waals surface area contributed by atoms with E-state index in [-0.39, 0.29) is 0 Å². The second kappa shape index (κ2) is 7.16. The number of aromatic nitrogens is 7. The molecule has 1 N–H and O–H groups in total. The molecule has 0 aliphatic heterocycles. The summed E-state index contributed by atoms with van der Waals surface area (Å²) in [5.74, 6) is 1.33. The first-order valence-electron chi connectivity index (χ1n) is 9.22. The molecule has 0 radical (unpaired) electrons. The topological polar surface area (TPSA) is 86.3 Å². The molecule has 0 aliphatic rings. The summed E-state index contributed by atoms with van der Waals surface area (Å²) in [6.45, 7) is 0.683. The normalized spacial score (nSPS) is 11.1. The molecule has 0 aliphatic carbocycles. The first-order chi connectivity index (χ1) is 14.3. The van der Waals surface area contributed by atoms with E-state index >= 15 is 0 Å². The van der Waals surface area contributed by atoms with Crippen molar-refractivity contribution in [1.82, 2.24) is 34.7 Å². The number of nitrogens with one attached hydrogen (secondary N) is 1. The van der Waals surface area contributed by atoms with Gasteiger partial charge in [-0.2, -0.15) is 5.10 Å². The van der Waals surface area contributed by atoms with E-state index in [0.29, 0.717) is 12.5 Å². The number of hydrogen-bond acceptors (Lipinski definition) is 6. The zero-order valence-corrected chi connectivity index (χ0v) is 15.8. The number of aryl methyl sites for hydroxylation is 1. The summed E-state index contributed by atoms with van der Waals surface area (Å²) >= 11 is 0. The SMILES string of the molecule is Cn1nccc1Nc1nccc(-c2ccc3c(c2)nnn3Cc2ccccc2)n1. The minimum atomic E-state index is 0.513. The van der Waals surface area contributed by atoms with E-state index in [1.165, 1.54) is 5.56 Å². The Morgan fingerprint density at radius 3 is 2.69 bits per heavy atom. The molecule has 0 saturated heterocycles. The standard InChI is InChI=1S/C21H18N8/c1-28-20(10-12-23-28)25-21-22-11-9-17(24-21)16-7-8-19-18(13-16)26-27-29(19)14-15-5-3-2-4-6-15/h2-13H,14H2,1H3,(H,22,24,25). The molecule has 29 heavy (non-hydrogen) atoms. The second-order valence-corrected chi connectivity index (χ2v) is 6.67. The molecule has 5 rings (SSSR count). The fourth-order valence-electron chi connectivity index (χ4n) is 3.20. The van der Waals surface area contributed by atoms with Crippen LogP contribution in [-0.2, 0) is 13.6 Å². The second-order valence-electron chi connectivity index (χ2n) is 6.67. The van der Waals surface area contributed by atoms with E-state index in [2.05, 4.69) is 42.8 Å². The molecule has 0 bridgehead atoms. The van der Waals surface area contributed by atoms with E-state index in [1.807, 2.05) is 60.3 Å². The molecule has 0 fully saturated rings. The lowest BCUT2D eigenvalue weighted by atomic mass is 10.1. The van der Waals surface area contributed by atoms with Crippen LogP contribution in [0.4, 0.5) is 11.8 Å². The van der Waals surface area contributed by atoms with E-state index in [0.717, 1.165) is 28.1 Å². The summed E-state index contributed by atoms with van der Waals surface area (Å²) in [5.41, 5.74) is 4.77. The lowest BCUT2D eigenvalue weighted by molar-refractivity contribution is 0.670. The molecular formula is C21H18N8. The lowest BCUT2D eigenvalue weighted by Gasteiger charge is -2.07. The molecule has 8 heteroatoms. The molecule has 0 atom stereocenters. The van der Waals surface area contributed by atoms with E-state index in [4.69, 9.17) is 0 Å². The first-order valence-corrected chi connectivity index (χ1v) is 9.22. The van der Waals surface area contributed by atoms with E-state index in [9.17, 15) is 0 Å². The molecule has 0 saturated carbocycles. The molecule has 0 spiro atoms. The highest BCUT2D eigenvalue weighted by molar-refractivity contribution is 5.80. The van der Waals surface area contributed by atoms with Gasteiger partial charge in [0, 0.05) is 24.9 Å². The van der Waals surface area contributed by atoms with Crippen LogP contribution >= 0.6 is 0 Å². The molecule has 3 aromatic heterocycles. The van der Waals surface area contributed by atoms with Crippen LogP contribution in [0.1, 0.15) is 5.56 Å². The Labute approximate surface area is 166 Å². The summed E-state index contributed by atoms with van der Waals surface area (Å²) in [6.07, 6.45) is 3.45. The maximum absolute atomic E-state index is 4.62. The molecule has 0 amide bonds. The minimum absolute atomic E-state index is 0.513. The van der Waals surface area contributed by atoms with Gasteiger partial charge in [-0.05, 0) is 23.8 Å². The van der Waals surface area contributed by atoms with Gasteiger partial charge in [0.1, 0.15) is 11.3 Å². The van der Waals surface area contributed by atoms with Crippen LogP contribution in [0.3, 0.4) is 0 Å². The Hall–Kier alpha value is -4.07. The monoisotopic (exact) mass is 382 g/mol. The van der Waals surface area contributed by atoms with Crippen LogP contribution in [0.25, 0.3) is 22.3 Å². The maximum Gasteiger partial charge on any atom is 0.228 e. The lowest BCUT2D eigenvalue weighted by Crippen LogP contribution is -2.03. The largest absolute Gasteiger partial charge is 0.309 e. The third kappa shape index (κ3) is 3.43. The Morgan fingerprint density at radius 2 is 1.86 bits per heavy atom. The Bertz CT molecular complexity index is 1270. The van der Waals surface area contributed by atoms with Crippen LogP contribution in [0.2, 0.25) is 0 Å². The Morgan fingerprint density at radius 1 is 0.966 bits per heavy atom. The Kier molecular flexibility index (Phi) is 4.21. The summed E-state index contributed by atoms with van der Waals surface area (Å²) in [5, 5.41) is 16.0. The van der Waals surface area contributed by atoms with Crippen LogP contribution in [-0.4, -0.2) is 34.7 Å². The van der Waals surface area contributed by atoms with E-state index in [1.54, 1.807) is 17.1 Å². The Balaban J connectivity index is 1.44. The number of hydrogen-bond donors (Lipinski definition) is 1. The highest BCUT2D eigenvalue weighted by Crippen LogP contribution is 2.23. The fraction of sp³-hybridized carbons (Fsp3) is 0.0952. The van der Waals surface area contributed by atoms with Crippen molar-refractivity contribution in [3.8, 4) is 11.3 Å². The predicted octanol–water partition coefficient (Wildman–Crippen LogP) is 3.41. The third-order valence-electron chi connectivity index (χ3n) is 4.70. The van der Waals surface area contributed by atoms with Crippen molar-refractivity contribution >= 4 is 22.8 Å². The fourth-order valence-corrected chi connectivity index (χ4v) is 3.20. The van der Waals surface area contributed by atoms with Gasteiger partial charge in [-0.15, -0.1) is 5.10 Å². The molecule has 8 nitrogen and oxygen atoms in total. The molecule has 2 aromatic carbocycles. The predicted molar refractivity (Wildman–Crippen MR) is 111 cm³/mol. The summed E-state index contributed by atoms with van der Waals surface area (Å²) < 4.78 is 3.64. The van der Waals surface area contributed by atoms with Crippen LogP contribution in [0.15, 0.2) is 73.1 Å². The van der Waals surface area contributed by atoms with Gasteiger partial charge in [-0.1, -0.05) is 41.6 Å². The number of benzene rings is 2. The van der Waals surface area contributed by atoms with Gasteiger partial charge in [-0.3, -0.25) is 4.68 Å². The van der Waals surface area contributed by atoms with Crippen molar-refractivity contribution in [2.45, 2.75) is 6.54 Å². The van der Waals surface area contributed by atoms with Crippen molar-refractivity contribution in [3.05, 3.63) is 78.6 Å². The van der Waals surface area contributed by atoms with Gasteiger partial charge in [0.2, 0.25) is 5.95 Å². The maximum atomic E-state index is 4.62. The summed E-state index contributed by atoms with van der Waals surface area (Å²) in [7, 11) is 1.86. The molecular weight excluding hydrogens is 364 g/mol. The van der Waals surface area contributed by atoms with Gasteiger partial charge < -0.3 is 5.32 Å². The van der Waals surface area contributed by atoms with Gasteiger partial charge >= 0.3 is 0 Å². The van der Waals surface area contributed by atoms with Gasteiger partial charge in [0.05, 0.1) is 24.0 Å². The highest BCUT2D eigenvalue weighted by Gasteiger charge is 2.09. The van der Waals surface area contributed by atoms with Gasteiger partial charge in [0.25, 0.3) is 0 Å². The first kappa shape index (κ1) is 17.1. The number of anilines is 2. The molecule has 0 unspecified atom stereocenters. The van der Waals surface area contributed by atoms with Crippen molar-refractivity contribution in [2.75, 3.05) is 5.32 Å². The van der Waals surface area contributed by atoms with Crippen LogP contribution in [0.5, 0.6) is 0 Å².